The third-order valence-electron chi connectivity index (χ3n) is 6.06. The zero-order valence-electron chi connectivity index (χ0n) is 16.4. The number of rotatable bonds is 7. The van der Waals surface area contributed by atoms with Gasteiger partial charge in [-0.05, 0) is 61.8 Å². The van der Waals surface area contributed by atoms with Gasteiger partial charge in [0.25, 0.3) is 0 Å². The van der Waals surface area contributed by atoms with Gasteiger partial charge in [0.15, 0.2) is 0 Å². The molecule has 1 saturated carbocycles. The molecule has 1 aromatic carbocycles. The van der Waals surface area contributed by atoms with Gasteiger partial charge in [0.1, 0.15) is 0 Å². The predicted octanol–water partition coefficient (Wildman–Crippen LogP) is 3.94. The van der Waals surface area contributed by atoms with Crippen molar-refractivity contribution < 1.29 is 9.53 Å². The quantitative estimate of drug-likeness (QED) is 0.419. The molecule has 27 heavy (non-hydrogen) atoms. The van der Waals surface area contributed by atoms with Crippen LogP contribution < -0.4 is 10.6 Å². The zero-order chi connectivity index (χ0) is 18.4. The minimum absolute atomic E-state index is 0. The Kier molecular flexibility index (Phi) is 8.81. The number of methoxy groups -OCH3 is 1. The Morgan fingerprint density at radius 1 is 1.26 bits per heavy atom. The molecule has 1 aromatic rings. The number of nitrogens with one attached hydrogen (secondary N) is 2. The predicted molar refractivity (Wildman–Crippen MR) is 113 cm³/mol. The molecule has 2 fully saturated rings. The maximum absolute atomic E-state index is 11.1. The highest BCUT2D eigenvalue weighted by molar-refractivity contribution is 5.86. The second-order valence-corrected chi connectivity index (χ2v) is 7.74. The molecule has 4 unspecified atom stereocenters. The summed E-state index contributed by atoms with van der Waals surface area (Å²) >= 11 is 0. The van der Waals surface area contributed by atoms with Gasteiger partial charge in [0.2, 0.25) is 0 Å². The van der Waals surface area contributed by atoms with Crippen LogP contribution in [-0.4, -0.2) is 31.7 Å². The van der Waals surface area contributed by atoms with Gasteiger partial charge in [-0.25, -0.2) is 4.79 Å². The van der Waals surface area contributed by atoms with E-state index in [0.29, 0.717) is 6.04 Å². The Morgan fingerprint density at radius 2 is 2.00 bits per heavy atom. The molecule has 0 aromatic heterocycles. The van der Waals surface area contributed by atoms with Crippen molar-refractivity contribution >= 4 is 24.5 Å². The molecule has 1 heterocycles. The Hall–Kier alpha value is -1.36. The maximum atomic E-state index is 11.1. The minimum Gasteiger partial charge on any atom is -0.466 e. The summed E-state index contributed by atoms with van der Waals surface area (Å²) in [6.07, 6.45) is 10.1. The summed E-state index contributed by atoms with van der Waals surface area (Å²) in [5.74, 6) is 1.38. The van der Waals surface area contributed by atoms with Gasteiger partial charge < -0.3 is 15.4 Å². The van der Waals surface area contributed by atoms with Crippen molar-refractivity contribution in [3.05, 3.63) is 41.5 Å². The Balaban J connectivity index is 0.00000261. The molecule has 0 radical (unpaired) electrons. The van der Waals surface area contributed by atoms with E-state index >= 15 is 0 Å². The van der Waals surface area contributed by atoms with Gasteiger partial charge in [0, 0.05) is 24.7 Å². The van der Waals surface area contributed by atoms with Crippen molar-refractivity contribution in [3.63, 3.8) is 0 Å². The Labute approximate surface area is 169 Å². The number of carbonyl (C=O) groups is 1. The summed E-state index contributed by atoms with van der Waals surface area (Å²) in [4.78, 5) is 11.1. The van der Waals surface area contributed by atoms with Crippen molar-refractivity contribution in [1.29, 1.82) is 0 Å². The average molecular weight is 393 g/mol. The molecule has 4 nitrogen and oxygen atoms in total. The number of hydrogen-bond donors (Lipinski definition) is 2. The van der Waals surface area contributed by atoms with E-state index in [1.54, 1.807) is 6.08 Å². The second kappa shape index (κ2) is 10.8. The van der Waals surface area contributed by atoms with Crippen LogP contribution in [0.5, 0.6) is 0 Å². The minimum atomic E-state index is -0.327. The van der Waals surface area contributed by atoms with E-state index in [-0.39, 0.29) is 18.4 Å². The lowest BCUT2D eigenvalue weighted by Crippen LogP contribution is -2.31. The monoisotopic (exact) mass is 392 g/mol. The fourth-order valence-corrected chi connectivity index (χ4v) is 4.66. The third kappa shape index (κ3) is 6.06. The van der Waals surface area contributed by atoms with E-state index in [9.17, 15) is 4.79 Å². The highest BCUT2D eigenvalue weighted by Gasteiger charge is 2.40. The molecule has 4 atom stereocenters. The molecule has 0 bridgehead atoms. The molecule has 1 aliphatic heterocycles. The van der Waals surface area contributed by atoms with Crippen molar-refractivity contribution in [2.24, 2.45) is 11.8 Å². The van der Waals surface area contributed by atoms with E-state index in [2.05, 4.69) is 34.4 Å². The summed E-state index contributed by atoms with van der Waals surface area (Å²) in [6.45, 7) is 4.33. The standard InChI is InChI=1S/C22H32N2O2.ClH/c1-16-19(20-5-3-4-6-21(20)24-16)13-14-23-15-18-9-7-17(8-10-18)11-12-22(25)26-2;/h7-12,16,19-21,23-24H,3-6,13-15H2,1-2H3;1H/b12-11+;. The molecular weight excluding hydrogens is 360 g/mol. The first kappa shape index (κ1) is 21.9. The van der Waals surface area contributed by atoms with E-state index in [4.69, 9.17) is 0 Å². The highest BCUT2D eigenvalue weighted by atomic mass is 35.5. The van der Waals surface area contributed by atoms with Gasteiger partial charge in [-0.1, -0.05) is 37.1 Å². The van der Waals surface area contributed by atoms with Crippen LogP contribution in [0.15, 0.2) is 30.3 Å². The SMILES string of the molecule is COC(=O)/C=C/c1ccc(CNCCC2C(C)NC3CCCCC32)cc1.Cl. The summed E-state index contributed by atoms with van der Waals surface area (Å²) in [6, 6.07) is 9.72. The van der Waals surface area contributed by atoms with Crippen LogP contribution >= 0.6 is 12.4 Å². The van der Waals surface area contributed by atoms with E-state index in [0.717, 1.165) is 36.5 Å². The van der Waals surface area contributed by atoms with Crippen LogP contribution in [0.1, 0.15) is 50.2 Å². The number of halogens is 1. The Morgan fingerprint density at radius 3 is 2.74 bits per heavy atom. The smallest absolute Gasteiger partial charge is 0.330 e. The molecule has 2 N–H and O–H groups in total. The molecule has 1 aliphatic carbocycles. The van der Waals surface area contributed by atoms with Crippen LogP contribution in [-0.2, 0) is 16.1 Å². The molecule has 5 heteroatoms. The lowest BCUT2D eigenvalue weighted by molar-refractivity contribution is -0.134. The van der Waals surface area contributed by atoms with Gasteiger partial charge in [-0.2, -0.15) is 0 Å². The summed E-state index contributed by atoms with van der Waals surface area (Å²) in [5.41, 5.74) is 2.28. The average Bonchev–Trinajstić information content (AvgIpc) is 2.99. The van der Waals surface area contributed by atoms with E-state index in [1.165, 1.54) is 50.9 Å². The number of esters is 1. The molecule has 1 saturated heterocycles. The lowest BCUT2D eigenvalue weighted by Gasteiger charge is -2.28. The fourth-order valence-electron chi connectivity index (χ4n) is 4.66. The topological polar surface area (TPSA) is 50.4 Å². The normalized spacial score (nSPS) is 27.2. The molecular formula is C22H33ClN2O2. The van der Waals surface area contributed by atoms with Gasteiger partial charge in [-0.3, -0.25) is 0 Å². The van der Waals surface area contributed by atoms with E-state index in [1.807, 2.05) is 12.1 Å². The van der Waals surface area contributed by atoms with Crippen LogP contribution in [0.25, 0.3) is 6.08 Å². The van der Waals surface area contributed by atoms with E-state index < -0.39 is 0 Å². The number of ether oxygens (including phenoxy) is 1. The maximum Gasteiger partial charge on any atom is 0.330 e. The molecule has 2 aliphatic rings. The van der Waals surface area contributed by atoms with Crippen LogP contribution in [0.2, 0.25) is 0 Å². The van der Waals surface area contributed by atoms with Crippen LogP contribution in [0.4, 0.5) is 0 Å². The first-order chi connectivity index (χ1) is 12.7. The van der Waals surface area contributed by atoms with Gasteiger partial charge in [0.05, 0.1) is 7.11 Å². The van der Waals surface area contributed by atoms with Crippen molar-refractivity contribution in [1.82, 2.24) is 10.6 Å². The molecule has 0 amide bonds. The third-order valence-corrected chi connectivity index (χ3v) is 6.06. The fraction of sp³-hybridized carbons (Fsp3) is 0.591. The van der Waals surface area contributed by atoms with Gasteiger partial charge >= 0.3 is 5.97 Å². The number of carbonyl (C=O) groups excluding carboxylic acids is 1. The lowest BCUT2D eigenvalue weighted by atomic mass is 9.77. The summed E-state index contributed by atoms with van der Waals surface area (Å²) in [7, 11) is 1.39. The summed E-state index contributed by atoms with van der Waals surface area (Å²) < 4.78 is 4.60. The number of benzene rings is 1. The number of hydrogen-bond acceptors (Lipinski definition) is 4. The van der Waals surface area contributed by atoms with Gasteiger partial charge in [-0.15, -0.1) is 12.4 Å². The Bertz CT molecular complexity index is 617. The second-order valence-electron chi connectivity index (χ2n) is 7.74. The molecule has 3 rings (SSSR count). The summed E-state index contributed by atoms with van der Waals surface area (Å²) in [5, 5.41) is 7.43. The first-order valence-electron chi connectivity index (χ1n) is 9.99. The highest BCUT2D eigenvalue weighted by Crippen LogP contribution is 2.39. The largest absolute Gasteiger partial charge is 0.466 e. The molecule has 150 valence electrons. The van der Waals surface area contributed by atoms with Crippen LogP contribution in [0.3, 0.4) is 0 Å². The van der Waals surface area contributed by atoms with Crippen molar-refractivity contribution in [2.75, 3.05) is 13.7 Å². The van der Waals surface area contributed by atoms with Crippen molar-refractivity contribution in [3.8, 4) is 0 Å². The zero-order valence-corrected chi connectivity index (χ0v) is 17.3. The van der Waals surface area contributed by atoms with Crippen molar-refractivity contribution in [2.45, 2.75) is 57.7 Å². The molecule has 0 spiro atoms. The first-order valence-corrected chi connectivity index (χ1v) is 9.99. The van der Waals surface area contributed by atoms with Crippen LogP contribution in [0, 0.1) is 11.8 Å². The number of fused-ring (bicyclic) bond motifs is 1.